The van der Waals surface area contributed by atoms with Gasteiger partial charge in [0.25, 0.3) is 0 Å². The van der Waals surface area contributed by atoms with Gasteiger partial charge in [0, 0.05) is 14.9 Å². The van der Waals surface area contributed by atoms with Gasteiger partial charge in [0.05, 0.1) is 16.5 Å². The Hall–Kier alpha value is -2.68. The normalized spacial score (nSPS) is 11.3. The Bertz CT molecular complexity index is 1340. The summed E-state index contributed by atoms with van der Waals surface area (Å²) in [7, 11) is 0. The number of amides is 1. The molecule has 9 heteroatoms. The van der Waals surface area contributed by atoms with Crippen molar-refractivity contribution in [2.45, 2.75) is 6.54 Å². The van der Waals surface area contributed by atoms with Gasteiger partial charge < -0.3 is 14.4 Å². The SMILES string of the molecule is O=C(COc1ccc(Br)cc1Br)N=Nc1c(O)n(Cc2ccccc2Cl)c2ccccc12. The van der Waals surface area contributed by atoms with Gasteiger partial charge in [-0.25, -0.2) is 0 Å². The lowest BCUT2D eigenvalue weighted by atomic mass is 10.2. The number of rotatable bonds is 6. The number of carbonyl (C=O) groups excluding carboxylic acids is 1. The van der Waals surface area contributed by atoms with Crippen molar-refractivity contribution in [2.24, 2.45) is 10.2 Å². The number of halogens is 3. The molecule has 4 aromatic rings. The number of ether oxygens (including phenoxy) is 1. The highest BCUT2D eigenvalue weighted by Crippen LogP contribution is 2.39. The van der Waals surface area contributed by atoms with Gasteiger partial charge in [-0.2, -0.15) is 0 Å². The van der Waals surface area contributed by atoms with E-state index in [-0.39, 0.29) is 18.2 Å². The summed E-state index contributed by atoms with van der Waals surface area (Å²) in [5.41, 5.74) is 1.81. The second-order valence-electron chi connectivity index (χ2n) is 6.82. The number of benzene rings is 3. The number of carbonyl (C=O) groups is 1. The molecule has 32 heavy (non-hydrogen) atoms. The van der Waals surface area contributed by atoms with Crippen LogP contribution in [0.25, 0.3) is 10.9 Å². The number of nitrogens with zero attached hydrogens (tertiary/aromatic N) is 3. The van der Waals surface area contributed by atoms with Crippen LogP contribution in [-0.2, 0) is 11.3 Å². The number of hydrogen-bond donors (Lipinski definition) is 1. The molecule has 0 atom stereocenters. The Labute approximate surface area is 205 Å². The molecule has 0 bridgehead atoms. The van der Waals surface area contributed by atoms with Crippen LogP contribution in [0.5, 0.6) is 11.6 Å². The van der Waals surface area contributed by atoms with E-state index in [2.05, 4.69) is 42.1 Å². The molecule has 0 spiro atoms. The highest BCUT2D eigenvalue weighted by Gasteiger charge is 2.18. The molecule has 0 aliphatic heterocycles. The summed E-state index contributed by atoms with van der Waals surface area (Å²) in [5, 5.41) is 19.9. The predicted octanol–water partition coefficient (Wildman–Crippen LogP) is 7.26. The van der Waals surface area contributed by atoms with E-state index in [1.807, 2.05) is 48.5 Å². The van der Waals surface area contributed by atoms with E-state index in [9.17, 15) is 9.90 Å². The molecule has 0 aliphatic rings. The van der Waals surface area contributed by atoms with E-state index >= 15 is 0 Å². The molecule has 1 aromatic heterocycles. The smallest absolute Gasteiger partial charge is 0.302 e. The number of aromatic nitrogens is 1. The van der Waals surface area contributed by atoms with Crippen LogP contribution in [0.4, 0.5) is 5.69 Å². The molecule has 1 amide bonds. The van der Waals surface area contributed by atoms with Crippen molar-refractivity contribution in [2.75, 3.05) is 6.61 Å². The maximum Gasteiger partial charge on any atom is 0.302 e. The summed E-state index contributed by atoms with van der Waals surface area (Å²) in [6, 6.07) is 20.1. The lowest BCUT2D eigenvalue weighted by Crippen LogP contribution is -2.08. The van der Waals surface area contributed by atoms with Crippen LogP contribution in [0, 0.1) is 0 Å². The van der Waals surface area contributed by atoms with Gasteiger partial charge in [-0.15, -0.1) is 10.2 Å². The van der Waals surface area contributed by atoms with Crippen LogP contribution in [0.3, 0.4) is 0 Å². The van der Waals surface area contributed by atoms with Crippen LogP contribution in [0.2, 0.25) is 5.02 Å². The molecule has 4 rings (SSSR count). The molecule has 3 aromatic carbocycles. The van der Waals surface area contributed by atoms with Gasteiger partial charge in [-0.3, -0.25) is 4.79 Å². The Kier molecular flexibility index (Phi) is 6.93. The first-order valence-corrected chi connectivity index (χ1v) is 11.5. The number of fused-ring (bicyclic) bond motifs is 1. The number of para-hydroxylation sites is 1. The molecule has 0 saturated heterocycles. The average Bonchev–Trinajstić information content (AvgIpc) is 3.04. The van der Waals surface area contributed by atoms with Crippen LogP contribution >= 0.6 is 43.5 Å². The first-order chi connectivity index (χ1) is 15.4. The summed E-state index contributed by atoms with van der Waals surface area (Å²) in [6.07, 6.45) is 0. The fourth-order valence-corrected chi connectivity index (χ4v) is 4.55. The summed E-state index contributed by atoms with van der Waals surface area (Å²) in [6.45, 7) is 0.0545. The van der Waals surface area contributed by atoms with Gasteiger partial charge in [0.1, 0.15) is 5.75 Å². The third-order valence-electron chi connectivity index (χ3n) is 4.71. The largest absolute Gasteiger partial charge is 0.493 e. The van der Waals surface area contributed by atoms with Crippen LogP contribution in [0.1, 0.15) is 5.56 Å². The second kappa shape index (κ2) is 9.85. The molecular weight excluding hydrogens is 562 g/mol. The Morgan fingerprint density at radius 2 is 1.81 bits per heavy atom. The first-order valence-electron chi connectivity index (χ1n) is 9.50. The Morgan fingerprint density at radius 3 is 2.59 bits per heavy atom. The van der Waals surface area contributed by atoms with Crippen molar-refractivity contribution in [3.8, 4) is 11.6 Å². The fraction of sp³-hybridized carbons (Fsp3) is 0.0870. The second-order valence-corrected chi connectivity index (χ2v) is 9.00. The third-order valence-corrected chi connectivity index (χ3v) is 6.19. The quantitative estimate of drug-likeness (QED) is 0.245. The van der Waals surface area contributed by atoms with Crippen molar-refractivity contribution >= 4 is 66.0 Å². The zero-order chi connectivity index (χ0) is 22.7. The zero-order valence-corrected chi connectivity index (χ0v) is 20.4. The standard InChI is InChI=1S/C23H16Br2ClN3O3/c24-15-9-10-20(17(25)11-15)32-13-21(30)27-28-22-16-6-2-4-8-19(16)29(23(22)31)12-14-5-1-3-7-18(14)26/h1-11,31H,12-13H2. The van der Waals surface area contributed by atoms with Gasteiger partial charge in [-0.05, 0) is 51.8 Å². The van der Waals surface area contributed by atoms with Crippen LogP contribution < -0.4 is 4.74 Å². The van der Waals surface area contributed by atoms with Gasteiger partial charge in [-0.1, -0.05) is 63.9 Å². The van der Waals surface area contributed by atoms with E-state index < -0.39 is 5.91 Å². The average molecular weight is 578 g/mol. The molecular formula is C23H16Br2ClN3O3. The maximum absolute atomic E-state index is 12.2. The monoisotopic (exact) mass is 575 g/mol. The Morgan fingerprint density at radius 1 is 1.06 bits per heavy atom. The minimum atomic E-state index is -0.581. The molecule has 6 nitrogen and oxygen atoms in total. The lowest BCUT2D eigenvalue weighted by Gasteiger charge is -2.08. The molecule has 1 heterocycles. The van der Waals surface area contributed by atoms with Gasteiger partial charge in [0.15, 0.2) is 12.3 Å². The number of azo groups is 1. The predicted molar refractivity (Wildman–Crippen MR) is 131 cm³/mol. The van der Waals surface area contributed by atoms with E-state index in [1.165, 1.54) is 0 Å². The van der Waals surface area contributed by atoms with E-state index in [1.54, 1.807) is 22.8 Å². The van der Waals surface area contributed by atoms with Crippen molar-refractivity contribution in [3.05, 3.63) is 86.3 Å². The summed E-state index contributed by atoms with van der Waals surface area (Å²) in [5.74, 6) is -0.169. The molecule has 0 aliphatic carbocycles. The molecule has 0 unspecified atom stereocenters. The highest BCUT2D eigenvalue weighted by molar-refractivity contribution is 9.11. The number of hydrogen-bond acceptors (Lipinski definition) is 4. The van der Waals surface area contributed by atoms with Crippen molar-refractivity contribution in [1.82, 2.24) is 4.57 Å². The van der Waals surface area contributed by atoms with Crippen LogP contribution in [-0.4, -0.2) is 22.2 Å². The summed E-state index contributed by atoms with van der Waals surface area (Å²) < 4.78 is 8.78. The fourth-order valence-electron chi connectivity index (χ4n) is 3.19. The van der Waals surface area contributed by atoms with E-state index in [4.69, 9.17) is 16.3 Å². The van der Waals surface area contributed by atoms with E-state index in [0.29, 0.717) is 27.2 Å². The maximum atomic E-state index is 12.2. The molecule has 0 saturated carbocycles. The molecule has 162 valence electrons. The third kappa shape index (κ3) is 4.87. The minimum Gasteiger partial charge on any atom is -0.493 e. The summed E-state index contributed by atoms with van der Waals surface area (Å²) >= 11 is 13.0. The zero-order valence-electron chi connectivity index (χ0n) is 16.5. The van der Waals surface area contributed by atoms with Gasteiger partial charge in [0.2, 0.25) is 5.88 Å². The lowest BCUT2D eigenvalue weighted by molar-refractivity contribution is -0.120. The van der Waals surface area contributed by atoms with Gasteiger partial charge >= 0.3 is 5.91 Å². The van der Waals surface area contributed by atoms with Crippen molar-refractivity contribution in [1.29, 1.82) is 0 Å². The first kappa shape index (κ1) is 22.5. The Balaban J connectivity index is 1.57. The van der Waals surface area contributed by atoms with Crippen LogP contribution in [0.15, 0.2) is 85.9 Å². The molecule has 0 radical (unpaired) electrons. The topological polar surface area (TPSA) is 76.2 Å². The van der Waals surface area contributed by atoms with Crippen molar-refractivity contribution in [3.63, 3.8) is 0 Å². The minimum absolute atomic E-state index is 0.0979. The highest BCUT2D eigenvalue weighted by atomic mass is 79.9. The van der Waals surface area contributed by atoms with Crippen molar-refractivity contribution < 1.29 is 14.6 Å². The summed E-state index contributed by atoms with van der Waals surface area (Å²) in [4.78, 5) is 12.2. The van der Waals surface area contributed by atoms with E-state index in [0.717, 1.165) is 15.6 Å². The number of aromatic hydroxyl groups is 1. The molecule has 0 fully saturated rings. The molecule has 1 N–H and O–H groups in total.